The minimum Gasteiger partial charge on any atom is -0.314 e. The number of benzene rings is 1. The smallest absolute Gasteiger partial charge is 0.249 e. The van der Waals surface area contributed by atoms with Crippen molar-refractivity contribution in [2.24, 2.45) is 5.73 Å². The van der Waals surface area contributed by atoms with E-state index in [0.29, 0.717) is 5.82 Å². The van der Waals surface area contributed by atoms with Crippen LogP contribution in [0.1, 0.15) is 12.5 Å². The van der Waals surface area contributed by atoms with E-state index in [1.807, 2.05) is 50.6 Å². The second-order valence-corrected chi connectivity index (χ2v) is 5.79. The summed E-state index contributed by atoms with van der Waals surface area (Å²) >= 11 is 0. The standard InChI is InChI=1S/C16H23N5O.2ClH/c1-16(17,13-7-5-4-6-8-13)15(22)18-14-9-10-21(19-14)12-11-20(2)3;;/h4-10H,11-12,17H2,1-3H3,(H,18,19,22);2*1H. The molecule has 0 saturated carbocycles. The minimum absolute atomic E-state index is 0. The number of carbonyl (C=O) groups excluding carboxylic acids is 1. The Morgan fingerprint density at radius 1 is 1.25 bits per heavy atom. The number of anilines is 1. The van der Waals surface area contributed by atoms with Gasteiger partial charge < -0.3 is 16.0 Å². The van der Waals surface area contributed by atoms with Gasteiger partial charge in [-0.05, 0) is 26.6 Å². The molecule has 0 spiro atoms. The zero-order valence-electron chi connectivity index (χ0n) is 14.1. The quantitative estimate of drug-likeness (QED) is 0.812. The molecule has 0 aliphatic rings. The summed E-state index contributed by atoms with van der Waals surface area (Å²) in [5, 5.41) is 7.11. The number of hydrogen-bond donors (Lipinski definition) is 2. The lowest BCUT2D eigenvalue weighted by Gasteiger charge is -2.23. The van der Waals surface area contributed by atoms with Gasteiger partial charge in [0.1, 0.15) is 5.54 Å². The summed E-state index contributed by atoms with van der Waals surface area (Å²) in [5.74, 6) is 0.230. The average Bonchev–Trinajstić information content (AvgIpc) is 2.93. The summed E-state index contributed by atoms with van der Waals surface area (Å²) in [6, 6.07) is 11.1. The van der Waals surface area contributed by atoms with E-state index in [0.717, 1.165) is 18.7 Å². The molecule has 0 fully saturated rings. The van der Waals surface area contributed by atoms with E-state index in [2.05, 4.69) is 15.3 Å². The second kappa shape index (κ2) is 9.64. The highest BCUT2D eigenvalue weighted by atomic mass is 35.5. The van der Waals surface area contributed by atoms with Crippen LogP contribution in [0.3, 0.4) is 0 Å². The van der Waals surface area contributed by atoms with Gasteiger partial charge in [-0.15, -0.1) is 24.8 Å². The van der Waals surface area contributed by atoms with Gasteiger partial charge in [0.25, 0.3) is 0 Å². The van der Waals surface area contributed by atoms with Gasteiger partial charge in [-0.25, -0.2) is 0 Å². The van der Waals surface area contributed by atoms with Crippen LogP contribution in [0.15, 0.2) is 42.6 Å². The number of hydrogen-bond acceptors (Lipinski definition) is 4. The predicted octanol–water partition coefficient (Wildman–Crippen LogP) is 2.10. The van der Waals surface area contributed by atoms with Crippen LogP contribution in [0.4, 0.5) is 5.82 Å². The number of amides is 1. The van der Waals surface area contributed by atoms with Gasteiger partial charge >= 0.3 is 0 Å². The number of nitrogens with one attached hydrogen (secondary N) is 1. The molecular formula is C16H25Cl2N5O. The highest BCUT2D eigenvalue weighted by molar-refractivity contribution is 5.97. The lowest BCUT2D eigenvalue weighted by Crippen LogP contribution is -2.45. The van der Waals surface area contributed by atoms with Gasteiger partial charge in [0.15, 0.2) is 5.82 Å². The monoisotopic (exact) mass is 373 g/mol. The maximum absolute atomic E-state index is 12.4. The Morgan fingerprint density at radius 2 is 1.88 bits per heavy atom. The third-order valence-corrected chi connectivity index (χ3v) is 3.50. The first-order chi connectivity index (χ1) is 10.4. The van der Waals surface area contributed by atoms with Gasteiger partial charge in [-0.2, -0.15) is 5.10 Å². The number of nitrogens with two attached hydrogens (primary N) is 1. The van der Waals surface area contributed by atoms with Crippen LogP contribution in [0, 0.1) is 0 Å². The van der Waals surface area contributed by atoms with E-state index in [1.165, 1.54) is 0 Å². The first-order valence-corrected chi connectivity index (χ1v) is 7.23. The SMILES string of the molecule is CN(C)CCn1ccc(NC(=O)C(C)(N)c2ccccc2)n1.Cl.Cl. The number of carbonyl (C=O) groups is 1. The molecule has 0 saturated heterocycles. The maximum atomic E-state index is 12.4. The molecule has 1 unspecified atom stereocenters. The van der Waals surface area contributed by atoms with Gasteiger partial charge in [-0.1, -0.05) is 30.3 Å². The maximum Gasteiger partial charge on any atom is 0.249 e. The molecule has 0 bridgehead atoms. The lowest BCUT2D eigenvalue weighted by molar-refractivity contribution is -0.120. The number of nitrogens with zero attached hydrogens (tertiary/aromatic N) is 3. The zero-order chi connectivity index (χ0) is 16.2. The van der Waals surface area contributed by atoms with Gasteiger partial charge in [0.05, 0.1) is 6.54 Å². The van der Waals surface area contributed by atoms with Gasteiger partial charge in [0, 0.05) is 18.8 Å². The molecule has 1 aromatic heterocycles. The Bertz CT molecular complexity index is 628. The van der Waals surface area contributed by atoms with Crippen LogP contribution in [0.25, 0.3) is 0 Å². The van der Waals surface area contributed by atoms with E-state index in [9.17, 15) is 4.79 Å². The Hall–Kier alpha value is -1.60. The zero-order valence-corrected chi connectivity index (χ0v) is 15.7. The molecule has 0 aliphatic heterocycles. The van der Waals surface area contributed by atoms with Crippen molar-refractivity contribution in [3.05, 3.63) is 48.2 Å². The number of halogens is 2. The highest BCUT2D eigenvalue weighted by Crippen LogP contribution is 2.19. The normalized spacial score (nSPS) is 12.7. The molecular weight excluding hydrogens is 349 g/mol. The number of aromatic nitrogens is 2. The summed E-state index contributed by atoms with van der Waals surface area (Å²) in [6.45, 7) is 3.34. The van der Waals surface area contributed by atoms with Crippen molar-refractivity contribution in [1.29, 1.82) is 0 Å². The van der Waals surface area contributed by atoms with Crippen molar-refractivity contribution < 1.29 is 4.79 Å². The molecule has 1 heterocycles. The Labute approximate surface area is 155 Å². The third kappa shape index (κ3) is 5.79. The van der Waals surface area contributed by atoms with Crippen molar-refractivity contribution in [3.8, 4) is 0 Å². The van der Waals surface area contributed by atoms with E-state index in [-0.39, 0.29) is 30.7 Å². The molecule has 1 amide bonds. The highest BCUT2D eigenvalue weighted by Gasteiger charge is 2.30. The molecule has 1 aromatic carbocycles. The molecule has 2 rings (SSSR count). The van der Waals surface area contributed by atoms with Crippen molar-refractivity contribution in [2.45, 2.75) is 19.0 Å². The van der Waals surface area contributed by atoms with E-state index in [4.69, 9.17) is 5.73 Å². The average molecular weight is 374 g/mol. The lowest BCUT2D eigenvalue weighted by atomic mass is 9.92. The Balaban J connectivity index is 0.00000264. The first kappa shape index (κ1) is 22.4. The summed E-state index contributed by atoms with van der Waals surface area (Å²) in [7, 11) is 4.01. The Morgan fingerprint density at radius 3 is 2.46 bits per heavy atom. The predicted molar refractivity (Wildman–Crippen MR) is 102 cm³/mol. The van der Waals surface area contributed by atoms with Crippen LogP contribution in [0.5, 0.6) is 0 Å². The topological polar surface area (TPSA) is 76.2 Å². The molecule has 1 atom stereocenters. The van der Waals surface area contributed by atoms with Crippen LogP contribution < -0.4 is 11.1 Å². The second-order valence-electron chi connectivity index (χ2n) is 5.79. The fourth-order valence-electron chi connectivity index (χ4n) is 2.02. The molecule has 0 radical (unpaired) electrons. The summed E-state index contributed by atoms with van der Waals surface area (Å²) in [5.41, 5.74) is 5.84. The van der Waals surface area contributed by atoms with Gasteiger partial charge in [-0.3, -0.25) is 9.48 Å². The molecule has 134 valence electrons. The molecule has 2 aromatic rings. The van der Waals surface area contributed by atoms with Crippen LogP contribution in [-0.4, -0.2) is 41.2 Å². The van der Waals surface area contributed by atoms with E-state index >= 15 is 0 Å². The number of rotatable bonds is 6. The van der Waals surface area contributed by atoms with Crippen molar-refractivity contribution >= 4 is 36.5 Å². The summed E-state index contributed by atoms with van der Waals surface area (Å²) in [4.78, 5) is 14.5. The molecule has 6 nitrogen and oxygen atoms in total. The van der Waals surface area contributed by atoms with Crippen molar-refractivity contribution in [1.82, 2.24) is 14.7 Å². The first-order valence-electron chi connectivity index (χ1n) is 7.23. The molecule has 3 N–H and O–H groups in total. The van der Waals surface area contributed by atoms with Crippen LogP contribution in [0.2, 0.25) is 0 Å². The fourth-order valence-corrected chi connectivity index (χ4v) is 2.02. The largest absolute Gasteiger partial charge is 0.314 e. The van der Waals surface area contributed by atoms with E-state index in [1.54, 1.807) is 17.7 Å². The number of likely N-dealkylation sites (N-methyl/N-ethyl adjacent to an activating group) is 1. The Kier molecular flexibility index (Phi) is 8.99. The molecule has 0 aliphatic carbocycles. The van der Waals surface area contributed by atoms with E-state index < -0.39 is 5.54 Å². The van der Waals surface area contributed by atoms with Crippen molar-refractivity contribution in [2.75, 3.05) is 26.0 Å². The minimum atomic E-state index is -1.10. The summed E-state index contributed by atoms with van der Waals surface area (Å²) < 4.78 is 1.80. The van der Waals surface area contributed by atoms with Crippen LogP contribution in [-0.2, 0) is 16.9 Å². The van der Waals surface area contributed by atoms with Crippen molar-refractivity contribution in [3.63, 3.8) is 0 Å². The fraction of sp³-hybridized carbons (Fsp3) is 0.375. The third-order valence-electron chi connectivity index (χ3n) is 3.50. The van der Waals surface area contributed by atoms with Crippen LogP contribution >= 0.6 is 24.8 Å². The van der Waals surface area contributed by atoms with Gasteiger partial charge in [0.2, 0.25) is 5.91 Å². The molecule has 24 heavy (non-hydrogen) atoms. The summed E-state index contributed by atoms with van der Waals surface area (Å²) in [6.07, 6.45) is 1.84. The molecule has 8 heteroatoms.